The average Bonchev–Trinajstić information content (AvgIpc) is 2.98. The van der Waals surface area contributed by atoms with E-state index in [1.165, 1.54) is 33.1 Å². The molecular weight excluding hydrogens is 220 g/mol. The van der Waals surface area contributed by atoms with Gasteiger partial charge in [-0.3, -0.25) is 0 Å². The van der Waals surface area contributed by atoms with Gasteiger partial charge in [-0.2, -0.15) is 0 Å². The quantitative estimate of drug-likeness (QED) is 0.490. The normalized spacial score (nSPS) is 11.3. The van der Waals surface area contributed by atoms with Crippen molar-refractivity contribution in [3.8, 4) is 11.1 Å². The molecule has 2 N–H and O–H groups in total. The molecular formula is C16H12N2. The molecule has 2 aromatic carbocycles. The van der Waals surface area contributed by atoms with Crippen LogP contribution in [0.5, 0.6) is 0 Å². The number of aromatic amines is 2. The molecule has 4 rings (SSSR count). The second-order valence-electron chi connectivity index (χ2n) is 4.49. The van der Waals surface area contributed by atoms with Gasteiger partial charge in [0.15, 0.2) is 0 Å². The summed E-state index contributed by atoms with van der Waals surface area (Å²) >= 11 is 0. The predicted octanol–water partition coefficient (Wildman–Crippen LogP) is 4.32. The Morgan fingerprint density at radius 1 is 0.722 bits per heavy atom. The predicted molar refractivity (Wildman–Crippen MR) is 75.6 cm³/mol. The maximum absolute atomic E-state index is 3.49. The van der Waals surface area contributed by atoms with E-state index >= 15 is 0 Å². The topological polar surface area (TPSA) is 31.6 Å². The minimum Gasteiger partial charge on any atom is -0.359 e. The van der Waals surface area contributed by atoms with E-state index in [-0.39, 0.29) is 0 Å². The molecule has 0 unspecified atom stereocenters. The molecule has 4 aromatic rings. The molecule has 0 aliphatic heterocycles. The number of hydrogen-bond donors (Lipinski definition) is 2. The minimum atomic E-state index is 1.18. The van der Waals surface area contributed by atoms with Crippen molar-refractivity contribution in [2.24, 2.45) is 0 Å². The highest BCUT2D eigenvalue weighted by Gasteiger charge is 2.10. The summed E-state index contributed by atoms with van der Waals surface area (Å²) in [6.45, 7) is 0. The third-order valence-corrected chi connectivity index (χ3v) is 3.42. The largest absolute Gasteiger partial charge is 0.359 e. The zero-order valence-corrected chi connectivity index (χ0v) is 9.77. The van der Waals surface area contributed by atoms with E-state index in [1.54, 1.807) is 0 Å². The maximum atomic E-state index is 3.49. The standard InChI is InChI=1S/C16H12N2/c1-2-6-11(7-3-1)13-10-17-15-12-8-4-5-9-14(12)18-16(13)15/h1-10,17-18H. The molecule has 0 atom stereocenters. The lowest BCUT2D eigenvalue weighted by molar-refractivity contribution is 1.48. The molecule has 0 fully saturated rings. The number of para-hydroxylation sites is 1. The van der Waals surface area contributed by atoms with Crippen LogP contribution >= 0.6 is 0 Å². The first kappa shape index (κ1) is 9.54. The van der Waals surface area contributed by atoms with E-state index in [1.807, 2.05) is 6.07 Å². The van der Waals surface area contributed by atoms with Crippen LogP contribution in [0.25, 0.3) is 33.1 Å². The molecule has 0 amide bonds. The molecule has 18 heavy (non-hydrogen) atoms. The lowest BCUT2D eigenvalue weighted by Gasteiger charge is -1.96. The Hall–Kier alpha value is -2.48. The van der Waals surface area contributed by atoms with Gasteiger partial charge in [0.05, 0.1) is 11.0 Å². The highest BCUT2D eigenvalue weighted by molar-refractivity contribution is 6.10. The summed E-state index contributed by atoms with van der Waals surface area (Å²) < 4.78 is 0. The van der Waals surface area contributed by atoms with Gasteiger partial charge in [-0.1, -0.05) is 48.5 Å². The van der Waals surface area contributed by atoms with E-state index in [2.05, 4.69) is 64.7 Å². The van der Waals surface area contributed by atoms with E-state index in [0.29, 0.717) is 0 Å². The van der Waals surface area contributed by atoms with Crippen LogP contribution in [0.1, 0.15) is 0 Å². The van der Waals surface area contributed by atoms with Crippen LogP contribution in [-0.4, -0.2) is 9.97 Å². The van der Waals surface area contributed by atoms with E-state index < -0.39 is 0 Å². The lowest BCUT2D eigenvalue weighted by atomic mass is 10.1. The minimum absolute atomic E-state index is 1.18. The van der Waals surface area contributed by atoms with Crippen molar-refractivity contribution in [2.45, 2.75) is 0 Å². The highest BCUT2D eigenvalue weighted by atomic mass is 14.8. The number of benzene rings is 2. The van der Waals surface area contributed by atoms with Gasteiger partial charge in [0.25, 0.3) is 0 Å². The molecule has 0 saturated carbocycles. The Kier molecular flexibility index (Phi) is 1.86. The van der Waals surface area contributed by atoms with Gasteiger partial charge in [-0.15, -0.1) is 0 Å². The molecule has 0 aliphatic carbocycles. The molecule has 0 radical (unpaired) electrons. The molecule has 86 valence electrons. The van der Waals surface area contributed by atoms with Crippen LogP contribution in [0, 0.1) is 0 Å². The van der Waals surface area contributed by atoms with Crippen molar-refractivity contribution in [1.29, 1.82) is 0 Å². The first-order valence-electron chi connectivity index (χ1n) is 6.07. The Labute approximate surface area is 104 Å². The molecule has 0 saturated heterocycles. The number of hydrogen-bond acceptors (Lipinski definition) is 0. The molecule has 0 spiro atoms. The monoisotopic (exact) mass is 232 g/mol. The summed E-state index contributed by atoms with van der Waals surface area (Å²) in [5.74, 6) is 0. The Morgan fingerprint density at radius 3 is 2.39 bits per heavy atom. The summed E-state index contributed by atoms with van der Waals surface area (Å²) in [5, 5.41) is 1.25. The third kappa shape index (κ3) is 1.23. The maximum Gasteiger partial charge on any atom is 0.0724 e. The first-order valence-corrected chi connectivity index (χ1v) is 6.07. The second-order valence-corrected chi connectivity index (χ2v) is 4.49. The van der Waals surface area contributed by atoms with Gasteiger partial charge in [-0.05, 0) is 11.6 Å². The Bertz CT molecular complexity index is 822. The Balaban J connectivity index is 2.08. The zero-order chi connectivity index (χ0) is 11.9. The van der Waals surface area contributed by atoms with Gasteiger partial charge in [-0.25, -0.2) is 0 Å². The molecule has 0 aliphatic rings. The number of H-pyrrole nitrogens is 2. The fourth-order valence-electron chi connectivity index (χ4n) is 2.56. The summed E-state index contributed by atoms with van der Waals surface area (Å²) in [6.07, 6.45) is 2.07. The van der Waals surface area contributed by atoms with Crippen LogP contribution < -0.4 is 0 Å². The number of nitrogens with one attached hydrogen (secondary N) is 2. The van der Waals surface area contributed by atoms with Crippen LogP contribution in [0.3, 0.4) is 0 Å². The fraction of sp³-hybridized carbons (Fsp3) is 0. The molecule has 2 heteroatoms. The van der Waals surface area contributed by atoms with Crippen molar-refractivity contribution in [3.63, 3.8) is 0 Å². The van der Waals surface area contributed by atoms with E-state index in [9.17, 15) is 0 Å². The van der Waals surface area contributed by atoms with E-state index in [4.69, 9.17) is 0 Å². The average molecular weight is 232 g/mol. The third-order valence-electron chi connectivity index (χ3n) is 3.42. The summed E-state index contributed by atoms with van der Waals surface area (Å²) in [4.78, 5) is 6.87. The van der Waals surface area contributed by atoms with Crippen LogP contribution in [0.2, 0.25) is 0 Å². The van der Waals surface area contributed by atoms with Crippen LogP contribution in [0.4, 0.5) is 0 Å². The van der Waals surface area contributed by atoms with Gasteiger partial charge < -0.3 is 9.97 Å². The lowest BCUT2D eigenvalue weighted by Crippen LogP contribution is -1.74. The summed E-state index contributed by atoms with van der Waals surface area (Å²) in [6, 6.07) is 18.8. The highest BCUT2D eigenvalue weighted by Crippen LogP contribution is 2.32. The second kappa shape index (κ2) is 3.50. The Morgan fingerprint density at radius 2 is 1.50 bits per heavy atom. The van der Waals surface area contributed by atoms with Crippen molar-refractivity contribution in [3.05, 3.63) is 60.8 Å². The van der Waals surface area contributed by atoms with Gasteiger partial charge in [0.2, 0.25) is 0 Å². The SMILES string of the molecule is c1ccc(-c2c[nH]c3c2[nH]c2ccccc23)cc1. The first-order chi connectivity index (χ1) is 8.93. The van der Waals surface area contributed by atoms with Crippen LogP contribution in [-0.2, 0) is 0 Å². The molecule has 2 nitrogen and oxygen atoms in total. The van der Waals surface area contributed by atoms with Crippen molar-refractivity contribution >= 4 is 21.9 Å². The van der Waals surface area contributed by atoms with Crippen molar-refractivity contribution in [1.82, 2.24) is 9.97 Å². The molecule has 0 bridgehead atoms. The number of aromatic nitrogens is 2. The van der Waals surface area contributed by atoms with Gasteiger partial charge >= 0.3 is 0 Å². The number of fused-ring (bicyclic) bond motifs is 3. The van der Waals surface area contributed by atoms with Gasteiger partial charge in [0, 0.05) is 22.7 Å². The molecule has 2 heterocycles. The smallest absolute Gasteiger partial charge is 0.0724 e. The summed E-state index contributed by atoms with van der Waals surface area (Å²) in [7, 11) is 0. The zero-order valence-electron chi connectivity index (χ0n) is 9.77. The number of rotatable bonds is 1. The van der Waals surface area contributed by atoms with Crippen molar-refractivity contribution < 1.29 is 0 Å². The van der Waals surface area contributed by atoms with Crippen LogP contribution in [0.15, 0.2) is 60.8 Å². The van der Waals surface area contributed by atoms with E-state index in [0.717, 1.165) is 0 Å². The molecule has 2 aromatic heterocycles. The van der Waals surface area contributed by atoms with Gasteiger partial charge in [0.1, 0.15) is 0 Å². The summed E-state index contributed by atoms with van der Waals surface area (Å²) in [5.41, 5.74) is 6.00. The fourth-order valence-corrected chi connectivity index (χ4v) is 2.56. The van der Waals surface area contributed by atoms with Crippen molar-refractivity contribution in [2.75, 3.05) is 0 Å².